The number of phenolic OH excluding ortho intramolecular Hbond substituents is 1. The molecule has 0 aromatic heterocycles. The van der Waals surface area contributed by atoms with Crippen molar-refractivity contribution in [3.8, 4) is 5.75 Å². The number of halogens is 1. The van der Waals surface area contributed by atoms with Gasteiger partial charge in [-0.15, -0.1) is 0 Å². The summed E-state index contributed by atoms with van der Waals surface area (Å²) in [5.41, 5.74) is 1.97. The summed E-state index contributed by atoms with van der Waals surface area (Å²) in [4.78, 5) is 21.6. The quantitative estimate of drug-likeness (QED) is 0.0304. The van der Waals surface area contributed by atoms with Gasteiger partial charge >= 0.3 is 27.6 Å². The van der Waals surface area contributed by atoms with E-state index in [-0.39, 0.29) is 9.32 Å². The molecule has 1 aromatic rings. The van der Waals surface area contributed by atoms with Crippen LogP contribution in [0, 0.1) is 3.57 Å². The van der Waals surface area contributed by atoms with Gasteiger partial charge in [-0.25, -0.2) is 10.7 Å². The van der Waals surface area contributed by atoms with Crippen LogP contribution in [0.4, 0.5) is 0 Å². The van der Waals surface area contributed by atoms with Crippen LogP contribution in [0.3, 0.4) is 0 Å². The van der Waals surface area contributed by atoms with Crippen LogP contribution in [0.1, 0.15) is 230 Å². The topological polar surface area (TPSA) is 132 Å². The number of phosphoric acid groups is 1. The lowest BCUT2D eigenvalue weighted by Gasteiger charge is -2.10. The second-order valence-corrected chi connectivity index (χ2v) is 18.3. The fraction of sp³-hybridized carbons (Fsp3) is 0.857. The zero-order valence-electron chi connectivity index (χ0n) is 33.0. The number of hydrogen-bond acceptors (Lipinski definition) is 4. The first-order chi connectivity index (χ1) is 24.6. The zero-order valence-corrected chi connectivity index (χ0v) is 36.1. The fourth-order valence-corrected chi connectivity index (χ4v) is 8.58. The highest BCUT2D eigenvalue weighted by atomic mass is 127. The van der Waals surface area contributed by atoms with Crippen molar-refractivity contribution in [3.63, 3.8) is 0 Å². The predicted molar refractivity (Wildman–Crippen MR) is 223 cm³/mol. The summed E-state index contributed by atoms with van der Waals surface area (Å²) >= 11 is -3.72. The van der Waals surface area contributed by atoms with Gasteiger partial charge in [-0.05, 0) is 42.9 Å². The highest BCUT2D eigenvalue weighted by Crippen LogP contribution is 2.34. The van der Waals surface area contributed by atoms with E-state index in [1.807, 2.05) is 0 Å². The summed E-state index contributed by atoms with van der Waals surface area (Å²) in [5.74, 6) is -0.00399. The molecule has 0 bridgehead atoms. The normalized spacial score (nSPS) is 11.6. The lowest BCUT2D eigenvalue weighted by atomic mass is 9.99. The van der Waals surface area contributed by atoms with Crippen molar-refractivity contribution in [1.82, 2.24) is 0 Å². The number of rotatable bonds is 35. The van der Waals surface area contributed by atoms with Crippen LogP contribution in [0.15, 0.2) is 12.1 Å². The number of aromatic hydroxyl groups is 1. The molecule has 0 aliphatic heterocycles. The van der Waals surface area contributed by atoms with Crippen LogP contribution in [-0.2, 0) is 23.5 Å². The Labute approximate surface area is 321 Å². The van der Waals surface area contributed by atoms with Gasteiger partial charge in [0.2, 0.25) is 0 Å². The summed E-state index contributed by atoms with van der Waals surface area (Å²) in [7, 11) is -4.64. The smallest absolute Gasteiger partial charge is 0.466 e. The monoisotopic (exact) mass is 854 g/mol. The minimum atomic E-state index is -4.64. The number of hydrogen-bond donors (Lipinski definition) is 4. The molecule has 0 aliphatic carbocycles. The maximum atomic E-state index is 12.0. The Morgan fingerprint density at radius 2 is 0.706 bits per heavy atom. The highest BCUT2D eigenvalue weighted by Gasteiger charge is 2.15. The fourth-order valence-electron chi connectivity index (χ4n) is 6.98. The molecule has 0 unspecified atom stereocenters. The van der Waals surface area contributed by atoms with E-state index in [1.165, 1.54) is 186 Å². The van der Waals surface area contributed by atoms with Gasteiger partial charge < -0.3 is 19.8 Å². The van der Waals surface area contributed by atoms with Crippen molar-refractivity contribution in [3.05, 3.63) is 26.8 Å². The van der Waals surface area contributed by atoms with E-state index in [0.717, 1.165) is 43.2 Å². The Kier molecular flexibility index (Phi) is 36.1. The SMILES string of the molecule is CCCCCCCCCCCCCCCCCCc1cc(O)c(I(=O)=O)c(CCCCCCCCCCCCCCCCCC)c1.O=P(O)(O)O. The molecule has 0 heterocycles. The number of phenols is 1. The Balaban J connectivity index is 0.00000464. The molecule has 0 radical (unpaired) electrons. The van der Waals surface area contributed by atoms with Gasteiger partial charge in [0.25, 0.3) is 0 Å². The molecule has 0 amide bonds. The number of unbranched alkanes of at least 4 members (excludes halogenated alkanes) is 30. The van der Waals surface area contributed by atoms with Gasteiger partial charge in [-0.3, -0.25) is 0 Å². The molecule has 0 saturated carbocycles. The highest BCUT2D eigenvalue weighted by molar-refractivity contribution is 14.2. The number of benzene rings is 1. The Morgan fingerprint density at radius 1 is 0.451 bits per heavy atom. The van der Waals surface area contributed by atoms with Crippen molar-refractivity contribution in [2.45, 2.75) is 232 Å². The molecule has 302 valence electrons. The maximum absolute atomic E-state index is 12.0. The van der Waals surface area contributed by atoms with Crippen molar-refractivity contribution >= 4 is 27.6 Å². The molecule has 7 nitrogen and oxygen atoms in total. The second-order valence-electron chi connectivity index (χ2n) is 14.9. The standard InChI is InChI=1S/C42H77IO3.H3O4P/c1-3-5-7-9-11-13-15-17-19-21-23-25-27-29-31-33-35-39-37-40(42(43(45)46)41(44)38-39)36-34-32-30-28-26-24-22-20-18-16-14-12-10-8-6-4-2;1-5(2,3)4/h37-38,44H,3-36H2,1-2H3;(H3,1,2,3,4). The maximum Gasteiger partial charge on any atom is 0.466 e. The van der Waals surface area contributed by atoms with Crippen LogP contribution in [-0.4, -0.2) is 19.8 Å². The molecule has 51 heavy (non-hydrogen) atoms. The summed E-state index contributed by atoms with van der Waals surface area (Å²) < 4.78 is 33.2. The van der Waals surface area contributed by atoms with E-state index in [2.05, 4.69) is 19.9 Å². The van der Waals surface area contributed by atoms with Gasteiger partial charge in [0.15, 0.2) is 0 Å². The first-order valence-electron chi connectivity index (χ1n) is 21.3. The summed E-state index contributed by atoms with van der Waals surface area (Å²) in [6.45, 7) is 4.57. The van der Waals surface area contributed by atoms with Gasteiger partial charge in [-0.2, -0.15) is 0 Å². The van der Waals surface area contributed by atoms with Crippen molar-refractivity contribution in [2.24, 2.45) is 0 Å². The van der Waals surface area contributed by atoms with Gasteiger partial charge in [0, 0.05) is 0 Å². The van der Waals surface area contributed by atoms with E-state index >= 15 is 0 Å². The Morgan fingerprint density at radius 3 is 0.980 bits per heavy atom. The zero-order chi connectivity index (χ0) is 37.8. The molecule has 1 rings (SSSR count). The largest absolute Gasteiger partial charge is 0.507 e. The van der Waals surface area contributed by atoms with Gasteiger partial charge in [0.1, 0.15) is 9.32 Å². The molecular formula is C42H80IO7P. The average molecular weight is 855 g/mol. The lowest BCUT2D eigenvalue weighted by Crippen LogP contribution is -1.96. The summed E-state index contributed by atoms with van der Waals surface area (Å²) in [5, 5.41) is 10.6. The Bertz CT molecular complexity index is 1020. The van der Waals surface area contributed by atoms with Crippen LogP contribution in [0.2, 0.25) is 0 Å². The minimum absolute atomic E-state index is 0.00399. The second kappa shape index (κ2) is 36.4. The summed E-state index contributed by atoms with van der Waals surface area (Å²) in [6, 6.07) is 3.81. The van der Waals surface area contributed by atoms with Crippen molar-refractivity contribution < 1.29 is 30.5 Å². The third-order valence-electron chi connectivity index (χ3n) is 9.96. The van der Waals surface area contributed by atoms with Crippen molar-refractivity contribution in [2.75, 3.05) is 0 Å². The van der Waals surface area contributed by atoms with Crippen molar-refractivity contribution in [1.29, 1.82) is 0 Å². The van der Waals surface area contributed by atoms with E-state index < -0.39 is 27.6 Å². The van der Waals surface area contributed by atoms with Crippen LogP contribution < -0.4 is 0 Å². The van der Waals surface area contributed by atoms with E-state index in [1.54, 1.807) is 6.07 Å². The molecule has 0 fully saturated rings. The molecular weight excluding hydrogens is 774 g/mol. The van der Waals surface area contributed by atoms with Crippen LogP contribution >= 0.6 is 27.6 Å². The third kappa shape index (κ3) is 36.2. The predicted octanol–water partition coefficient (Wildman–Crippen LogP) is 14.4. The van der Waals surface area contributed by atoms with Crippen LogP contribution in [0.5, 0.6) is 5.75 Å². The van der Waals surface area contributed by atoms with E-state index in [9.17, 15) is 11.2 Å². The molecule has 0 atom stereocenters. The molecule has 1 aromatic carbocycles. The van der Waals surface area contributed by atoms with Gasteiger partial charge in [0.05, 0.1) is 0 Å². The first-order valence-corrected chi connectivity index (χ1v) is 25.7. The molecule has 0 spiro atoms. The average Bonchev–Trinajstić information content (AvgIpc) is 3.06. The minimum Gasteiger partial charge on any atom is -0.507 e. The first kappa shape index (κ1) is 50.5. The molecule has 0 saturated heterocycles. The molecule has 4 N–H and O–H groups in total. The molecule has 0 aliphatic rings. The van der Waals surface area contributed by atoms with Crippen LogP contribution in [0.25, 0.3) is 0 Å². The Hall–Kier alpha value is -0.540. The lowest BCUT2D eigenvalue weighted by molar-refractivity contribution is 0.275. The third-order valence-corrected chi connectivity index (χ3v) is 12.1. The number of aryl methyl sites for hydroxylation is 2. The summed E-state index contributed by atoms with van der Waals surface area (Å²) in [6.07, 6.45) is 44.9. The van der Waals surface area contributed by atoms with E-state index in [4.69, 9.17) is 19.2 Å². The van der Waals surface area contributed by atoms with Gasteiger partial charge in [-0.1, -0.05) is 213 Å². The molecule has 9 heteroatoms. The van der Waals surface area contributed by atoms with E-state index in [0.29, 0.717) is 0 Å².